The molecule has 0 fully saturated rings. The molecule has 0 saturated carbocycles. The van der Waals surface area contributed by atoms with E-state index < -0.39 is 0 Å². The van der Waals surface area contributed by atoms with Gasteiger partial charge >= 0.3 is 0 Å². The summed E-state index contributed by atoms with van der Waals surface area (Å²) in [5.74, 6) is -0.143. The van der Waals surface area contributed by atoms with Gasteiger partial charge in [0, 0.05) is 24.9 Å². The number of aliphatic hydroxyl groups is 1. The Morgan fingerprint density at radius 2 is 2.06 bits per heavy atom. The molecule has 0 aliphatic carbocycles. The first-order valence-corrected chi connectivity index (χ1v) is 6.53. The van der Waals surface area contributed by atoms with Crippen LogP contribution in [0, 0.1) is 5.92 Å². The highest BCUT2D eigenvalue weighted by Crippen LogP contribution is 2.19. The molecule has 1 aromatic heterocycles. The van der Waals surface area contributed by atoms with Gasteiger partial charge in [0.15, 0.2) is 0 Å². The van der Waals surface area contributed by atoms with Crippen LogP contribution >= 0.6 is 11.6 Å². The van der Waals surface area contributed by atoms with Crippen LogP contribution in [0.5, 0.6) is 0 Å². The highest BCUT2D eigenvalue weighted by atomic mass is 35.5. The lowest BCUT2D eigenvalue weighted by Gasteiger charge is -2.20. The van der Waals surface area contributed by atoms with Gasteiger partial charge in [-0.15, -0.1) is 0 Å². The van der Waals surface area contributed by atoms with Crippen LogP contribution in [-0.2, 0) is 0 Å². The van der Waals surface area contributed by atoms with Gasteiger partial charge in [0.1, 0.15) is 5.69 Å². The number of hydrogen-bond donors (Lipinski definition) is 2. The summed E-state index contributed by atoms with van der Waals surface area (Å²) in [6.45, 7) is 7.80. The zero-order chi connectivity index (χ0) is 13.9. The van der Waals surface area contributed by atoms with Crippen LogP contribution in [0.1, 0.15) is 44.2 Å². The maximum Gasteiger partial charge on any atom is 0.268 e. The van der Waals surface area contributed by atoms with Crippen LogP contribution in [0.15, 0.2) is 12.3 Å². The second kappa shape index (κ2) is 6.25. The van der Waals surface area contributed by atoms with Crippen molar-refractivity contribution < 1.29 is 9.90 Å². The van der Waals surface area contributed by atoms with Gasteiger partial charge in [-0.25, -0.2) is 0 Å². The smallest absolute Gasteiger partial charge is 0.268 e. The van der Waals surface area contributed by atoms with E-state index in [1.165, 1.54) is 0 Å². The van der Waals surface area contributed by atoms with E-state index in [0.29, 0.717) is 10.7 Å². The Kier molecular flexibility index (Phi) is 5.23. The van der Waals surface area contributed by atoms with Gasteiger partial charge in [-0.3, -0.25) is 4.79 Å². The topological polar surface area (TPSA) is 54.3 Å². The molecule has 0 saturated heterocycles. The number of carbonyl (C=O) groups is 1. The third-order valence-corrected chi connectivity index (χ3v) is 3.31. The van der Waals surface area contributed by atoms with Gasteiger partial charge in [-0.05, 0) is 32.8 Å². The monoisotopic (exact) mass is 272 g/mol. The second-order valence-electron chi connectivity index (χ2n) is 4.97. The van der Waals surface area contributed by atoms with Crippen LogP contribution in [0.25, 0.3) is 0 Å². The van der Waals surface area contributed by atoms with E-state index in [2.05, 4.69) is 5.32 Å². The van der Waals surface area contributed by atoms with Gasteiger partial charge < -0.3 is 15.0 Å². The summed E-state index contributed by atoms with van der Waals surface area (Å²) in [5.41, 5.74) is 0.548. The van der Waals surface area contributed by atoms with E-state index >= 15 is 0 Å². The van der Waals surface area contributed by atoms with Crippen molar-refractivity contribution in [3.8, 4) is 0 Å². The predicted molar refractivity (Wildman–Crippen MR) is 73.0 cm³/mol. The van der Waals surface area contributed by atoms with Crippen molar-refractivity contribution in [1.82, 2.24) is 9.88 Å². The minimum absolute atomic E-state index is 0.0203. The van der Waals surface area contributed by atoms with Crippen molar-refractivity contribution in [2.75, 3.05) is 6.61 Å². The molecule has 0 radical (unpaired) electrons. The Bertz CT molecular complexity index is 415. The van der Waals surface area contributed by atoms with Crippen LogP contribution in [0.3, 0.4) is 0 Å². The van der Waals surface area contributed by atoms with Gasteiger partial charge in [0.05, 0.1) is 5.02 Å². The van der Waals surface area contributed by atoms with Gasteiger partial charge in [-0.2, -0.15) is 0 Å². The first-order chi connectivity index (χ1) is 8.36. The Labute approximate surface area is 113 Å². The van der Waals surface area contributed by atoms with Gasteiger partial charge in [0.25, 0.3) is 5.91 Å². The molecule has 102 valence electrons. The summed E-state index contributed by atoms with van der Waals surface area (Å²) < 4.78 is 1.84. The molecular weight excluding hydrogens is 252 g/mol. The van der Waals surface area contributed by atoms with Crippen molar-refractivity contribution in [3.05, 3.63) is 23.0 Å². The van der Waals surface area contributed by atoms with E-state index in [9.17, 15) is 4.79 Å². The Morgan fingerprint density at radius 3 is 2.56 bits per heavy atom. The third-order valence-electron chi connectivity index (χ3n) is 3.10. The van der Waals surface area contributed by atoms with Crippen molar-refractivity contribution in [2.24, 2.45) is 5.92 Å². The molecule has 1 amide bonds. The highest BCUT2D eigenvalue weighted by Gasteiger charge is 2.19. The fourth-order valence-electron chi connectivity index (χ4n) is 1.64. The average molecular weight is 273 g/mol. The molecule has 1 aromatic rings. The largest absolute Gasteiger partial charge is 0.396 e. The molecule has 0 bridgehead atoms. The summed E-state index contributed by atoms with van der Waals surface area (Å²) >= 11 is 5.94. The lowest BCUT2D eigenvalue weighted by molar-refractivity contribution is 0.0905. The van der Waals surface area contributed by atoms with Crippen LogP contribution < -0.4 is 5.32 Å². The van der Waals surface area contributed by atoms with Crippen LogP contribution in [0.2, 0.25) is 5.02 Å². The Morgan fingerprint density at radius 1 is 1.44 bits per heavy atom. The summed E-state index contributed by atoms with van der Waals surface area (Å²) in [7, 11) is 0. The molecule has 2 unspecified atom stereocenters. The lowest BCUT2D eigenvalue weighted by atomic mass is 10.1. The number of nitrogens with zero attached hydrogens (tertiary/aromatic N) is 1. The molecule has 5 heteroatoms. The van der Waals surface area contributed by atoms with E-state index in [-0.39, 0.29) is 30.5 Å². The van der Waals surface area contributed by atoms with E-state index in [4.69, 9.17) is 16.7 Å². The highest BCUT2D eigenvalue weighted by molar-refractivity contribution is 6.31. The lowest BCUT2D eigenvalue weighted by Crippen LogP contribution is -2.39. The zero-order valence-corrected chi connectivity index (χ0v) is 12.0. The van der Waals surface area contributed by atoms with Crippen molar-refractivity contribution in [2.45, 2.75) is 39.8 Å². The molecule has 1 heterocycles. The fourth-order valence-corrected chi connectivity index (χ4v) is 1.84. The molecule has 4 nitrogen and oxygen atoms in total. The minimum atomic E-state index is -0.164. The Balaban J connectivity index is 2.84. The number of halogens is 1. The van der Waals surface area contributed by atoms with E-state index in [0.717, 1.165) is 0 Å². The second-order valence-corrected chi connectivity index (χ2v) is 5.40. The van der Waals surface area contributed by atoms with Gasteiger partial charge in [0.2, 0.25) is 0 Å². The summed E-state index contributed by atoms with van der Waals surface area (Å²) in [5, 5.41) is 12.5. The van der Waals surface area contributed by atoms with Crippen molar-refractivity contribution >= 4 is 17.5 Å². The standard InChI is InChI=1S/C13H21ClN2O2/c1-8(2)16-6-11(14)5-12(16)13(18)15-10(4)9(3)7-17/h5-6,8-10,17H,7H2,1-4H3,(H,15,18). The first-order valence-electron chi connectivity index (χ1n) is 6.16. The number of hydrogen-bond acceptors (Lipinski definition) is 2. The molecule has 1 rings (SSSR count). The van der Waals surface area contributed by atoms with Crippen molar-refractivity contribution in [3.63, 3.8) is 0 Å². The average Bonchev–Trinajstić information content (AvgIpc) is 2.70. The minimum Gasteiger partial charge on any atom is -0.396 e. The molecular formula is C13H21ClN2O2. The van der Waals surface area contributed by atoms with Crippen LogP contribution in [0.4, 0.5) is 0 Å². The molecule has 18 heavy (non-hydrogen) atoms. The number of nitrogens with one attached hydrogen (secondary N) is 1. The molecule has 0 aromatic carbocycles. The molecule has 2 atom stereocenters. The number of aromatic nitrogens is 1. The quantitative estimate of drug-likeness (QED) is 0.865. The van der Waals surface area contributed by atoms with E-state index in [1.54, 1.807) is 12.3 Å². The van der Waals surface area contributed by atoms with Crippen molar-refractivity contribution in [1.29, 1.82) is 0 Å². The summed E-state index contributed by atoms with van der Waals surface area (Å²) in [6.07, 6.45) is 1.75. The maximum absolute atomic E-state index is 12.1. The first kappa shape index (κ1) is 15.1. The van der Waals surface area contributed by atoms with Gasteiger partial charge in [-0.1, -0.05) is 18.5 Å². The number of aliphatic hydroxyl groups excluding tert-OH is 1. The zero-order valence-electron chi connectivity index (χ0n) is 11.3. The maximum atomic E-state index is 12.1. The normalized spacial score (nSPS) is 14.6. The molecule has 0 spiro atoms. The van der Waals surface area contributed by atoms with E-state index in [1.807, 2.05) is 32.3 Å². The molecule has 0 aliphatic heterocycles. The molecule has 2 N–H and O–H groups in total. The SMILES string of the molecule is CC(CO)C(C)NC(=O)c1cc(Cl)cn1C(C)C. The Hall–Kier alpha value is -1.00. The third kappa shape index (κ3) is 3.50. The number of carbonyl (C=O) groups excluding carboxylic acids is 1. The predicted octanol–water partition coefficient (Wildman–Crippen LogP) is 2.47. The van der Waals surface area contributed by atoms with Crippen LogP contribution in [-0.4, -0.2) is 28.2 Å². The summed E-state index contributed by atoms with van der Waals surface area (Å²) in [4.78, 5) is 12.1. The number of rotatable bonds is 5. The summed E-state index contributed by atoms with van der Waals surface area (Å²) in [6, 6.07) is 1.74. The number of amides is 1. The fraction of sp³-hybridized carbons (Fsp3) is 0.615. The molecule has 0 aliphatic rings.